The van der Waals surface area contributed by atoms with E-state index in [9.17, 15) is 4.79 Å². The largest absolute Gasteiger partial charge is 0.384 e. The van der Waals surface area contributed by atoms with Crippen LogP contribution in [0.1, 0.15) is 11.1 Å². The van der Waals surface area contributed by atoms with Gasteiger partial charge in [-0.2, -0.15) is 0 Å². The third kappa shape index (κ3) is 5.10. The van der Waals surface area contributed by atoms with E-state index in [2.05, 4.69) is 10.5 Å². The maximum atomic E-state index is 11.6. The molecule has 0 aliphatic rings. The lowest BCUT2D eigenvalue weighted by molar-refractivity contribution is -0.125. The Morgan fingerprint density at radius 3 is 2.68 bits per heavy atom. The van der Waals surface area contributed by atoms with Crippen LogP contribution in [0.5, 0.6) is 0 Å². The third-order valence-electron chi connectivity index (χ3n) is 2.81. The lowest BCUT2D eigenvalue weighted by Crippen LogP contribution is -2.27. The van der Waals surface area contributed by atoms with Crippen molar-refractivity contribution in [3.05, 3.63) is 70.7 Å². The molecule has 114 valence electrons. The summed E-state index contributed by atoms with van der Waals surface area (Å²) in [5.74, 6) is -0.107. The zero-order valence-electron chi connectivity index (χ0n) is 11.8. The van der Waals surface area contributed by atoms with Crippen molar-refractivity contribution in [3.8, 4) is 0 Å². The quantitative estimate of drug-likeness (QED) is 0.487. The summed E-state index contributed by atoms with van der Waals surface area (Å²) in [5, 5.41) is 6.98. The maximum Gasteiger partial charge on any atom is 0.261 e. The van der Waals surface area contributed by atoms with E-state index in [-0.39, 0.29) is 18.3 Å². The first-order valence-electron chi connectivity index (χ1n) is 6.67. The third-order valence-corrected chi connectivity index (χ3v) is 3.05. The molecule has 5 nitrogen and oxygen atoms in total. The summed E-state index contributed by atoms with van der Waals surface area (Å²) < 4.78 is 0. The number of carbonyl (C=O) groups excluding carboxylic acids is 1. The fourth-order valence-corrected chi connectivity index (χ4v) is 1.90. The summed E-state index contributed by atoms with van der Waals surface area (Å²) in [7, 11) is 0. The molecule has 0 aromatic heterocycles. The first kappa shape index (κ1) is 15.9. The van der Waals surface area contributed by atoms with Crippen molar-refractivity contribution in [1.82, 2.24) is 5.32 Å². The van der Waals surface area contributed by atoms with E-state index in [1.54, 1.807) is 24.3 Å². The van der Waals surface area contributed by atoms with E-state index >= 15 is 0 Å². The van der Waals surface area contributed by atoms with E-state index in [1.807, 2.05) is 30.3 Å². The second-order valence-corrected chi connectivity index (χ2v) is 4.96. The Kier molecular flexibility index (Phi) is 5.80. The van der Waals surface area contributed by atoms with Crippen molar-refractivity contribution >= 4 is 23.3 Å². The van der Waals surface area contributed by atoms with Crippen LogP contribution in [0.2, 0.25) is 5.02 Å². The normalized spacial score (nSPS) is 11.0. The minimum atomic E-state index is -0.272. The summed E-state index contributed by atoms with van der Waals surface area (Å²) >= 11 is 5.86. The van der Waals surface area contributed by atoms with E-state index in [0.29, 0.717) is 17.1 Å². The zero-order valence-corrected chi connectivity index (χ0v) is 12.6. The molecule has 0 spiro atoms. The molecule has 0 radical (unpaired) electrons. The Labute approximate surface area is 133 Å². The second-order valence-electron chi connectivity index (χ2n) is 4.52. The molecular formula is C16H16ClN3O2. The van der Waals surface area contributed by atoms with Gasteiger partial charge in [-0.05, 0) is 17.7 Å². The molecule has 22 heavy (non-hydrogen) atoms. The van der Waals surface area contributed by atoms with Crippen LogP contribution >= 0.6 is 11.6 Å². The van der Waals surface area contributed by atoms with Gasteiger partial charge in [-0.1, -0.05) is 59.2 Å². The van der Waals surface area contributed by atoms with Gasteiger partial charge in [-0.3, -0.25) is 4.79 Å². The van der Waals surface area contributed by atoms with Gasteiger partial charge in [-0.25, -0.2) is 0 Å². The lowest BCUT2D eigenvalue weighted by Gasteiger charge is -2.05. The predicted molar refractivity (Wildman–Crippen MR) is 86.4 cm³/mol. The molecule has 0 unspecified atom stereocenters. The highest BCUT2D eigenvalue weighted by atomic mass is 35.5. The van der Waals surface area contributed by atoms with Crippen molar-refractivity contribution in [2.45, 2.75) is 6.54 Å². The van der Waals surface area contributed by atoms with Crippen molar-refractivity contribution in [2.75, 3.05) is 6.61 Å². The van der Waals surface area contributed by atoms with Crippen LogP contribution < -0.4 is 11.1 Å². The molecule has 2 rings (SSSR count). The molecule has 0 fully saturated rings. The van der Waals surface area contributed by atoms with Gasteiger partial charge in [0.05, 0.1) is 0 Å². The number of nitrogens with two attached hydrogens (primary N) is 1. The fourth-order valence-electron chi connectivity index (χ4n) is 1.71. The number of benzene rings is 2. The zero-order chi connectivity index (χ0) is 15.8. The highest BCUT2D eigenvalue weighted by Crippen LogP contribution is 2.10. The molecular weight excluding hydrogens is 302 g/mol. The van der Waals surface area contributed by atoms with Crippen molar-refractivity contribution in [3.63, 3.8) is 0 Å². The van der Waals surface area contributed by atoms with Crippen molar-refractivity contribution < 1.29 is 9.63 Å². The second kappa shape index (κ2) is 8.05. The van der Waals surface area contributed by atoms with E-state index < -0.39 is 0 Å². The van der Waals surface area contributed by atoms with E-state index in [4.69, 9.17) is 22.2 Å². The summed E-state index contributed by atoms with van der Waals surface area (Å²) in [6.45, 7) is 0.241. The molecule has 0 saturated heterocycles. The van der Waals surface area contributed by atoms with Crippen LogP contribution in [-0.4, -0.2) is 18.3 Å². The van der Waals surface area contributed by atoms with Gasteiger partial charge in [0.25, 0.3) is 5.91 Å². The fraction of sp³-hybridized carbons (Fsp3) is 0.125. The number of amides is 1. The summed E-state index contributed by atoms with van der Waals surface area (Å²) in [6, 6.07) is 16.5. The topological polar surface area (TPSA) is 76.7 Å². The van der Waals surface area contributed by atoms with E-state index in [1.165, 1.54) is 0 Å². The van der Waals surface area contributed by atoms with Crippen LogP contribution in [0.4, 0.5) is 0 Å². The number of nitrogens with zero attached hydrogens (tertiary/aromatic N) is 1. The number of rotatable bonds is 6. The van der Waals surface area contributed by atoms with Gasteiger partial charge in [0, 0.05) is 17.1 Å². The Bertz CT molecular complexity index is 659. The van der Waals surface area contributed by atoms with Crippen molar-refractivity contribution in [2.24, 2.45) is 10.9 Å². The van der Waals surface area contributed by atoms with Crippen LogP contribution in [0.15, 0.2) is 59.8 Å². The van der Waals surface area contributed by atoms with Gasteiger partial charge < -0.3 is 15.9 Å². The standard InChI is InChI=1S/C16H16ClN3O2/c17-14-8-4-7-13(9-14)16(18)20-22-11-15(21)19-10-12-5-2-1-3-6-12/h1-9H,10-11H2,(H2,18,20)(H,19,21). The minimum Gasteiger partial charge on any atom is -0.384 e. The molecule has 1 amide bonds. The number of amidine groups is 1. The Balaban J connectivity index is 1.77. The van der Waals surface area contributed by atoms with Gasteiger partial charge in [0.1, 0.15) is 0 Å². The highest BCUT2D eigenvalue weighted by molar-refractivity contribution is 6.31. The maximum absolute atomic E-state index is 11.6. The van der Waals surface area contributed by atoms with Gasteiger partial charge in [0.2, 0.25) is 0 Å². The molecule has 2 aromatic rings. The smallest absolute Gasteiger partial charge is 0.261 e. The van der Waals surface area contributed by atoms with Gasteiger partial charge >= 0.3 is 0 Å². The number of hydrogen-bond acceptors (Lipinski definition) is 3. The molecule has 3 N–H and O–H groups in total. The van der Waals surface area contributed by atoms with Crippen LogP contribution in [0.3, 0.4) is 0 Å². The van der Waals surface area contributed by atoms with Gasteiger partial charge in [0.15, 0.2) is 12.4 Å². The monoisotopic (exact) mass is 317 g/mol. The lowest BCUT2D eigenvalue weighted by atomic mass is 10.2. The first-order chi connectivity index (χ1) is 10.6. The Morgan fingerprint density at radius 2 is 1.95 bits per heavy atom. The highest BCUT2D eigenvalue weighted by Gasteiger charge is 2.03. The van der Waals surface area contributed by atoms with Crippen LogP contribution in [0.25, 0.3) is 0 Å². The summed E-state index contributed by atoms with van der Waals surface area (Å²) in [5.41, 5.74) is 7.40. The van der Waals surface area contributed by atoms with E-state index in [0.717, 1.165) is 5.56 Å². The Morgan fingerprint density at radius 1 is 1.18 bits per heavy atom. The summed E-state index contributed by atoms with van der Waals surface area (Å²) in [4.78, 5) is 16.6. The Hall–Kier alpha value is -2.53. The summed E-state index contributed by atoms with van der Waals surface area (Å²) in [6.07, 6.45) is 0. The molecule has 6 heteroatoms. The number of hydrogen-bond donors (Lipinski definition) is 2. The molecule has 0 aliphatic carbocycles. The predicted octanol–water partition coefficient (Wildman–Crippen LogP) is 2.29. The number of nitrogens with one attached hydrogen (secondary N) is 1. The minimum absolute atomic E-state index is 0.165. The average molecular weight is 318 g/mol. The van der Waals surface area contributed by atoms with Crippen LogP contribution in [-0.2, 0) is 16.2 Å². The molecule has 2 aromatic carbocycles. The molecule has 0 heterocycles. The molecule has 0 aliphatic heterocycles. The number of oxime groups is 1. The average Bonchev–Trinajstić information content (AvgIpc) is 2.54. The molecule has 0 bridgehead atoms. The SMILES string of the molecule is N/C(=N/OCC(=O)NCc1ccccc1)c1cccc(Cl)c1. The van der Waals surface area contributed by atoms with Gasteiger partial charge in [-0.15, -0.1) is 0 Å². The first-order valence-corrected chi connectivity index (χ1v) is 7.05. The molecule has 0 saturated carbocycles. The number of carbonyl (C=O) groups is 1. The van der Waals surface area contributed by atoms with Crippen molar-refractivity contribution in [1.29, 1.82) is 0 Å². The number of halogens is 1. The van der Waals surface area contributed by atoms with Crippen LogP contribution in [0, 0.1) is 0 Å². The molecule has 0 atom stereocenters.